The van der Waals surface area contributed by atoms with E-state index in [9.17, 15) is 14.6 Å². The molecule has 1 atom stereocenters. The number of pyridine rings is 1. The van der Waals surface area contributed by atoms with Crippen LogP contribution in [0.15, 0.2) is 36.5 Å². The van der Waals surface area contributed by atoms with Crippen molar-refractivity contribution in [1.29, 1.82) is 0 Å². The van der Waals surface area contributed by atoms with Gasteiger partial charge in [0.1, 0.15) is 6.10 Å². The summed E-state index contributed by atoms with van der Waals surface area (Å²) in [5.74, 6) is -0.438. The number of anilines is 1. The molecule has 1 saturated heterocycles. The molecule has 0 amide bonds. The zero-order valence-electron chi connectivity index (χ0n) is 12.7. The van der Waals surface area contributed by atoms with Crippen LogP contribution in [0.25, 0.3) is 0 Å². The van der Waals surface area contributed by atoms with Gasteiger partial charge in [-0.05, 0) is 29.8 Å². The summed E-state index contributed by atoms with van der Waals surface area (Å²) in [6.07, 6.45) is 2.11. The lowest BCUT2D eigenvalue weighted by Crippen LogP contribution is -2.26. The molecule has 6 heteroatoms. The summed E-state index contributed by atoms with van der Waals surface area (Å²) in [6.45, 7) is 1.20. The summed E-state index contributed by atoms with van der Waals surface area (Å²) in [5, 5.41) is 18.7. The van der Waals surface area contributed by atoms with E-state index in [0.29, 0.717) is 6.54 Å². The van der Waals surface area contributed by atoms with E-state index in [1.165, 1.54) is 18.3 Å². The number of hydrogen-bond donors (Lipinski definition) is 2. The standard InChI is InChI=1S/C17H19FN2O3/c18-15-2-1-6-19-17(15)23-14-5-7-20(9-14)16-4-3-12(10-21)8-13(16)11-22/h1-4,6,8,14,21-22H,5,7,9-11H2/t14-/m0/s1. The lowest BCUT2D eigenvalue weighted by molar-refractivity contribution is 0.205. The first-order valence-corrected chi connectivity index (χ1v) is 7.57. The third kappa shape index (κ3) is 3.43. The molecule has 0 bridgehead atoms. The van der Waals surface area contributed by atoms with Gasteiger partial charge in [0.15, 0.2) is 5.82 Å². The number of aromatic nitrogens is 1. The van der Waals surface area contributed by atoms with Crippen LogP contribution in [0.1, 0.15) is 17.5 Å². The second-order valence-electron chi connectivity index (χ2n) is 5.54. The van der Waals surface area contributed by atoms with E-state index in [1.54, 1.807) is 6.07 Å². The molecular formula is C17H19FN2O3. The predicted molar refractivity (Wildman–Crippen MR) is 83.7 cm³/mol. The number of hydrogen-bond acceptors (Lipinski definition) is 5. The van der Waals surface area contributed by atoms with Gasteiger partial charge >= 0.3 is 0 Å². The molecule has 23 heavy (non-hydrogen) atoms. The van der Waals surface area contributed by atoms with Crippen molar-refractivity contribution < 1.29 is 19.3 Å². The van der Waals surface area contributed by atoms with Crippen LogP contribution in [0.5, 0.6) is 5.88 Å². The number of aliphatic hydroxyl groups is 2. The highest BCUT2D eigenvalue weighted by Crippen LogP contribution is 2.28. The third-order valence-electron chi connectivity index (χ3n) is 3.99. The quantitative estimate of drug-likeness (QED) is 0.881. The van der Waals surface area contributed by atoms with Gasteiger partial charge in [-0.25, -0.2) is 9.37 Å². The SMILES string of the molecule is OCc1ccc(N2CC[C@H](Oc3ncccc3F)C2)c(CO)c1. The maximum atomic E-state index is 13.6. The predicted octanol–water partition coefficient (Wildman–Crippen LogP) is 1.86. The molecule has 2 N–H and O–H groups in total. The third-order valence-corrected chi connectivity index (χ3v) is 3.99. The Labute approximate surface area is 134 Å². The first kappa shape index (κ1) is 15.7. The molecule has 122 valence electrons. The van der Waals surface area contributed by atoms with Crippen molar-refractivity contribution >= 4 is 5.69 Å². The molecule has 1 aliphatic rings. The summed E-state index contributed by atoms with van der Waals surface area (Å²) >= 11 is 0. The first-order chi connectivity index (χ1) is 11.2. The lowest BCUT2D eigenvalue weighted by atomic mass is 10.1. The highest BCUT2D eigenvalue weighted by Gasteiger charge is 2.26. The van der Waals surface area contributed by atoms with Gasteiger partial charge in [0.2, 0.25) is 0 Å². The molecule has 2 heterocycles. The lowest BCUT2D eigenvalue weighted by Gasteiger charge is -2.22. The summed E-state index contributed by atoms with van der Waals surface area (Å²) < 4.78 is 19.3. The second kappa shape index (κ2) is 6.93. The number of benzene rings is 1. The van der Waals surface area contributed by atoms with Gasteiger partial charge in [0, 0.05) is 30.4 Å². The molecule has 1 aromatic carbocycles. The summed E-state index contributed by atoms with van der Waals surface area (Å²) in [6, 6.07) is 8.37. The molecule has 0 spiro atoms. The van der Waals surface area contributed by atoms with Crippen LogP contribution >= 0.6 is 0 Å². The van der Waals surface area contributed by atoms with Gasteiger partial charge in [-0.3, -0.25) is 0 Å². The van der Waals surface area contributed by atoms with Crippen LogP contribution in [-0.2, 0) is 13.2 Å². The number of nitrogens with zero attached hydrogens (tertiary/aromatic N) is 2. The van der Waals surface area contributed by atoms with Gasteiger partial charge in [-0.15, -0.1) is 0 Å². The largest absolute Gasteiger partial charge is 0.470 e. The molecule has 1 fully saturated rings. The van der Waals surface area contributed by atoms with E-state index >= 15 is 0 Å². The number of ether oxygens (including phenoxy) is 1. The molecule has 0 radical (unpaired) electrons. The highest BCUT2D eigenvalue weighted by molar-refractivity contribution is 5.55. The molecule has 1 aromatic heterocycles. The van der Waals surface area contributed by atoms with Crippen LogP contribution in [0.4, 0.5) is 10.1 Å². The Morgan fingerprint density at radius 2 is 2.13 bits per heavy atom. The molecule has 1 aliphatic heterocycles. The first-order valence-electron chi connectivity index (χ1n) is 7.57. The van der Waals surface area contributed by atoms with E-state index in [2.05, 4.69) is 9.88 Å². The van der Waals surface area contributed by atoms with Gasteiger partial charge < -0.3 is 19.8 Å². The number of rotatable bonds is 5. The maximum absolute atomic E-state index is 13.6. The van der Waals surface area contributed by atoms with Crippen molar-refractivity contribution in [2.45, 2.75) is 25.7 Å². The van der Waals surface area contributed by atoms with Crippen molar-refractivity contribution in [2.75, 3.05) is 18.0 Å². The summed E-state index contributed by atoms with van der Waals surface area (Å²) in [7, 11) is 0. The van der Waals surface area contributed by atoms with Crippen molar-refractivity contribution in [1.82, 2.24) is 4.98 Å². The monoisotopic (exact) mass is 318 g/mol. The summed E-state index contributed by atoms with van der Waals surface area (Å²) in [5.41, 5.74) is 2.44. The minimum atomic E-state index is -0.464. The van der Waals surface area contributed by atoms with Gasteiger partial charge in [0.25, 0.3) is 5.88 Å². The number of aliphatic hydroxyl groups excluding tert-OH is 2. The zero-order chi connectivity index (χ0) is 16.2. The molecule has 0 aliphatic carbocycles. The smallest absolute Gasteiger partial charge is 0.250 e. The molecule has 2 aromatic rings. The molecule has 0 unspecified atom stereocenters. The Morgan fingerprint density at radius 1 is 1.26 bits per heavy atom. The van der Waals surface area contributed by atoms with Gasteiger partial charge in [-0.2, -0.15) is 0 Å². The Morgan fingerprint density at radius 3 is 2.87 bits per heavy atom. The van der Waals surface area contributed by atoms with Crippen molar-refractivity contribution in [3.63, 3.8) is 0 Å². The Balaban J connectivity index is 1.71. The molecular weight excluding hydrogens is 299 g/mol. The van der Waals surface area contributed by atoms with Crippen LogP contribution < -0.4 is 9.64 Å². The highest BCUT2D eigenvalue weighted by atomic mass is 19.1. The average Bonchev–Trinajstić information content (AvgIpc) is 3.04. The zero-order valence-corrected chi connectivity index (χ0v) is 12.7. The second-order valence-corrected chi connectivity index (χ2v) is 5.54. The van der Waals surface area contributed by atoms with E-state index in [-0.39, 0.29) is 25.2 Å². The summed E-state index contributed by atoms with van der Waals surface area (Å²) in [4.78, 5) is 6.01. The van der Waals surface area contributed by atoms with Crippen molar-refractivity contribution in [3.8, 4) is 5.88 Å². The average molecular weight is 318 g/mol. The van der Waals surface area contributed by atoms with E-state index < -0.39 is 5.82 Å². The van der Waals surface area contributed by atoms with Gasteiger partial charge in [0.05, 0.1) is 19.8 Å². The van der Waals surface area contributed by atoms with Crippen molar-refractivity contribution in [2.24, 2.45) is 0 Å². The fourth-order valence-electron chi connectivity index (χ4n) is 2.83. The van der Waals surface area contributed by atoms with E-state index in [0.717, 1.165) is 29.8 Å². The maximum Gasteiger partial charge on any atom is 0.250 e. The fraction of sp³-hybridized carbons (Fsp3) is 0.353. The van der Waals surface area contributed by atoms with Crippen LogP contribution in [0.3, 0.4) is 0 Å². The topological polar surface area (TPSA) is 65.8 Å². The normalized spacial score (nSPS) is 17.5. The van der Waals surface area contributed by atoms with E-state index in [4.69, 9.17) is 4.74 Å². The Bertz CT molecular complexity index is 681. The van der Waals surface area contributed by atoms with Gasteiger partial charge in [-0.1, -0.05) is 6.07 Å². The van der Waals surface area contributed by atoms with E-state index in [1.807, 2.05) is 12.1 Å². The minimum Gasteiger partial charge on any atom is -0.470 e. The van der Waals surface area contributed by atoms with Crippen molar-refractivity contribution in [3.05, 3.63) is 53.5 Å². The number of halogens is 1. The van der Waals surface area contributed by atoms with Crippen LogP contribution in [0.2, 0.25) is 0 Å². The minimum absolute atomic E-state index is 0.0253. The molecule has 5 nitrogen and oxygen atoms in total. The molecule has 3 rings (SSSR count). The Hall–Kier alpha value is -2.18. The van der Waals surface area contributed by atoms with Crippen LogP contribution in [-0.4, -0.2) is 34.4 Å². The van der Waals surface area contributed by atoms with Crippen LogP contribution in [0, 0.1) is 5.82 Å². The Kier molecular flexibility index (Phi) is 4.73. The fourth-order valence-corrected chi connectivity index (χ4v) is 2.83. The molecule has 0 saturated carbocycles.